The van der Waals surface area contributed by atoms with Crippen molar-refractivity contribution < 1.29 is 22.6 Å². The number of sulfonamides is 1. The van der Waals surface area contributed by atoms with E-state index in [1.54, 1.807) is 44.6 Å². The molecule has 0 radical (unpaired) electrons. The van der Waals surface area contributed by atoms with Crippen LogP contribution in [-0.2, 0) is 26.5 Å². The second-order valence-corrected chi connectivity index (χ2v) is 12.3. The highest BCUT2D eigenvalue weighted by atomic mass is 32.2. The van der Waals surface area contributed by atoms with E-state index in [4.69, 9.17) is 14.2 Å². The molecule has 212 valence electrons. The Morgan fingerprint density at radius 2 is 1.90 bits per heavy atom. The number of benzene rings is 1. The van der Waals surface area contributed by atoms with Gasteiger partial charge < -0.3 is 29.1 Å². The first-order chi connectivity index (χ1) is 18.8. The molecule has 1 aromatic carbocycles. The minimum Gasteiger partial charge on any atom is -0.490 e. The number of H-pyrrole nitrogens is 1. The van der Waals surface area contributed by atoms with Crippen molar-refractivity contribution in [3.8, 4) is 16.9 Å². The van der Waals surface area contributed by atoms with Crippen molar-refractivity contribution in [2.24, 2.45) is 13.0 Å². The van der Waals surface area contributed by atoms with E-state index in [9.17, 15) is 13.2 Å². The van der Waals surface area contributed by atoms with Crippen LogP contribution in [0.3, 0.4) is 0 Å². The molecule has 10 nitrogen and oxygen atoms in total. The number of nitrogens with zero attached hydrogens (tertiary/aromatic N) is 1. The number of anilines is 1. The highest BCUT2D eigenvalue weighted by Crippen LogP contribution is 2.38. The average Bonchev–Trinajstić information content (AvgIpc) is 3.66. The van der Waals surface area contributed by atoms with Crippen molar-refractivity contribution >= 4 is 26.6 Å². The minimum absolute atomic E-state index is 0.0375. The molecule has 1 saturated heterocycles. The summed E-state index contributed by atoms with van der Waals surface area (Å²) in [4.78, 5) is 15.7. The van der Waals surface area contributed by atoms with Crippen LogP contribution >= 0.6 is 0 Å². The summed E-state index contributed by atoms with van der Waals surface area (Å²) in [6.07, 6.45) is 8.00. The van der Waals surface area contributed by atoms with E-state index in [0.717, 1.165) is 49.7 Å². The zero-order valence-electron chi connectivity index (χ0n) is 22.6. The summed E-state index contributed by atoms with van der Waals surface area (Å²) in [5.74, 6) is 1.01. The highest BCUT2D eigenvalue weighted by molar-refractivity contribution is 7.92. The number of fused-ring (bicyclic) bond motifs is 1. The summed E-state index contributed by atoms with van der Waals surface area (Å²) in [6.45, 7) is 5.03. The van der Waals surface area contributed by atoms with Gasteiger partial charge in [0.15, 0.2) is 0 Å². The Kier molecular flexibility index (Phi) is 8.61. The van der Waals surface area contributed by atoms with Crippen molar-refractivity contribution in [2.75, 3.05) is 43.4 Å². The van der Waals surface area contributed by atoms with Crippen LogP contribution in [0, 0.1) is 5.92 Å². The summed E-state index contributed by atoms with van der Waals surface area (Å²) in [6, 6.07) is 7.07. The maximum Gasteiger partial charge on any atom is 0.274 e. The van der Waals surface area contributed by atoms with Gasteiger partial charge in [-0.1, -0.05) is 0 Å². The summed E-state index contributed by atoms with van der Waals surface area (Å²) in [5, 5.41) is 4.09. The average molecular weight is 559 g/mol. The predicted molar refractivity (Wildman–Crippen MR) is 152 cm³/mol. The van der Waals surface area contributed by atoms with Gasteiger partial charge in [0.2, 0.25) is 10.0 Å². The molecule has 1 aliphatic heterocycles. The number of aromatic nitrogens is 2. The van der Waals surface area contributed by atoms with Gasteiger partial charge in [-0.3, -0.25) is 9.52 Å². The van der Waals surface area contributed by atoms with Gasteiger partial charge in [-0.05, 0) is 75.9 Å². The summed E-state index contributed by atoms with van der Waals surface area (Å²) >= 11 is 0. The van der Waals surface area contributed by atoms with E-state index >= 15 is 0 Å². The summed E-state index contributed by atoms with van der Waals surface area (Å²) < 4.78 is 47.3. The first-order valence-corrected chi connectivity index (χ1v) is 15.4. The molecule has 2 aromatic heterocycles. The molecule has 3 aromatic rings. The highest BCUT2D eigenvalue weighted by Gasteiger charge is 2.33. The third-order valence-electron chi connectivity index (χ3n) is 7.42. The fourth-order valence-corrected chi connectivity index (χ4v) is 5.63. The maximum atomic E-state index is 12.7. The zero-order chi connectivity index (χ0) is 27.4. The number of aryl methyl sites for hydroxylation is 1. The third kappa shape index (κ3) is 6.84. The standard InChI is InChI=1S/C28H38N4O6S/c1-3-39(34,35)31-20-6-7-25(23(16-20)24-17-32(2)28(33)27-22(24)10-13-30-27)38-18-26(19-4-5-19)37-15-14-36-21-8-11-29-12-9-21/h6-7,10,13,16-17,19,21,26,29-31H,3-5,8-9,11-12,14-15,18H2,1-2H3. The zero-order valence-corrected chi connectivity index (χ0v) is 23.4. The molecule has 0 amide bonds. The Labute approximate surface area is 229 Å². The monoisotopic (exact) mass is 558 g/mol. The van der Waals surface area contributed by atoms with Crippen molar-refractivity contribution in [3.05, 3.63) is 47.0 Å². The molecular formula is C28H38N4O6S. The Morgan fingerprint density at radius 3 is 2.64 bits per heavy atom. The first-order valence-electron chi connectivity index (χ1n) is 13.7. The Balaban J connectivity index is 1.35. The van der Waals surface area contributed by atoms with Gasteiger partial charge in [0.05, 0.1) is 31.2 Å². The second kappa shape index (κ2) is 12.1. The van der Waals surface area contributed by atoms with Gasteiger partial charge in [0.25, 0.3) is 5.56 Å². The van der Waals surface area contributed by atoms with Crippen molar-refractivity contribution in [1.29, 1.82) is 0 Å². The number of pyridine rings is 1. The van der Waals surface area contributed by atoms with Crippen LogP contribution in [-0.4, -0.2) is 68.8 Å². The van der Waals surface area contributed by atoms with Crippen LogP contribution in [0.25, 0.3) is 22.0 Å². The molecule has 5 rings (SSSR count). The molecule has 2 fully saturated rings. The molecule has 1 unspecified atom stereocenters. The molecular weight excluding hydrogens is 520 g/mol. The molecule has 1 saturated carbocycles. The fraction of sp³-hybridized carbons (Fsp3) is 0.536. The Hall–Kier alpha value is -2.86. The van der Waals surface area contributed by atoms with Crippen LogP contribution in [0.5, 0.6) is 5.75 Å². The Morgan fingerprint density at radius 1 is 1.10 bits per heavy atom. The number of piperidine rings is 1. The molecule has 1 atom stereocenters. The number of rotatable bonds is 13. The van der Waals surface area contributed by atoms with Crippen LogP contribution in [0.1, 0.15) is 32.6 Å². The topological polar surface area (TPSA) is 124 Å². The SMILES string of the molecule is CCS(=O)(=O)Nc1ccc(OCC(OCCOC2CCNCC2)C2CC2)c(-c2cn(C)c(=O)c3[nH]ccc23)c1. The van der Waals surface area contributed by atoms with Gasteiger partial charge in [-0.25, -0.2) is 8.42 Å². The fourth-order valence-electron chi connectivity index (χ4n) is 5.00. The van der Waals surface area contributed by atoms with Crippen molar-refractivity contribution in [2.45, 2.75) is 44.8 Å². The predicted octanol–water partition coefficient (Wildman–Crippen LogP) is 3.24. The largest absolute Gasteiger partial charge is 0.490 e. The van der Waals surface area contributed by atoms with E-state index in [1.165, 1.54) is 4.57 Å². The third-order valence-corrected chi connectivity index (χ3v) is 8.73. The first kappa shape index (κ1) is 27.7. The van der Waals surface area contributed by atoms with Gasteiger partial charge in [0, 0.05) is 41.6 Å². The number of aromatic amines is 1. The smallest absolute Gasteiger partial charge is 0.274 e. The number of hydrogen-bond donors (Lipinski definition) is 3. The molecule has 1 aliphatic carbocycles. The second-order valence-electron chi connectivity index (χ2n) is 10.3. The van der Waals surface area contributed by atoms with E-state index in [0.29, 0.717) is 54.4 Å². The lowest BCUT2D eigenvalue weighted by atomic mass is 10.0. The van der Waals surface area contributed by atoms with Crippen LogP contribution in [0.2, 0.25) is 0 Å². The van der Waals surface area contributed by atoms with Crippen LogP contribution in [0.4, 0.5) is 5.69 Å². The lowest BCUT2D eigenvalue weighted by molar-refractivity contribution is -0.0469. The lowest BCUT2D eigenvalue weighted by Crippen LogP contribution is -2.33. The molecule has 3 N–H and O–H groups in total. The molecule has 39 heavy (non-hydrogen) atoms. The van der Waals surface area contributed by atoms with Gasteiger partial charge in [-0.15, -0.1) is 0 Å². The van der Waals surface area contributed by atoms with E-state index in [1.807, 2.05) is 6.07 Å². The van der Waals surface area contributed by atoms with Gasteiger partial charge in [0.1, 0.15) is 17.9 Å². The molecule has 3 heterocycles. The van der Waals surface area contributed by atoms with E-state index < -0.39 is 10.0 Å². The maximum absolute atomic E-state index is 12.7. The number of nitrogens with one attached hydrogen (secondary N) is 3. The Bertz CT molecular complexity index is 1440. The lowest BCUT2D eigenvalue weighted by Gasteiger charge is -2.24. The van der Waals surface area contributed by atoms with Crippen molar-refractivity contribution in [3.63, 3.8) is 0 Å². The summed E-state index contributed by atoms with van der Waals surface area (Å²) in [7, 11) is -1.77. The van der Waals surface area contributed by atoms with Crippen molar-refractivity contribution in [1.82, 2.24) is 14.9 Å². The van der Waals surface area contributed by atoms with Gasteiger partial charge in [-0.2, -0.15) is 0 Å². The number of ether oxygens (including phenoxy) is 3. The van der Waals surface area contributed by atoms with E-state index in [2.05, 4.69) is 15.0 Å². The normalized spacial score (nSPS) is 17.4. The molecule has 0 bridgehead atoms. The molecule has 2 aliphatic rings. The van der Waals surface area contributed by atoms with E-state index in [-0.39, 0.29) is 17.4 Å². The summed E-state index contributed by atoms with van der Waals surface area (Å²) in [5.41, 5.74) is 2.23. The van der Waals surface area contributed by atoms with Crippen LogP contribution in [0.15, 0.2) is 41.5 Å². The van der Waals surface area contributed by atoms with Crippen LogP contribution < -0.4 is 20.3 Å². The number of hydrogen-bond acceptors (Lipinski definition) is 7. The quantitative estimate of drug-likeness (QED) is 0.275. The molecule has 11 heteroatoms. The van der Waals surface area contributed by atoms with Gasteiger partial charge >= 0.3 is 0 Å². The molecule has 0 spiro atoms. The minimum atomic E-state index is -3.47.